The summed E-state index contributed by atoms with van der Waals surface area (Å²) in [5, 5.41) is 0. The van der Waals surface area contributed by atoms with E-state index in [0.717, 1.165) is 23.5 Å². The van der Waals surface area contributed by atoms with Crippen LogP contribution in [0.4, 0.5) is 0 Å². The van der Waals surface area contributed by atoms with Crippen molar-refractivity contribution in [3.8, 4) is 5.75 Å². The first-order chi connectivity index (χ1) is 8.38. The van der Waals surface area contributed by atoms with Crippen LogP contribution < -0.4 is 4.74 Å². The van der Waals surface area contributed by atoms with E-state index in [1.54, 1.807) is 7.11 Å². The molecule has 1 nitrogen and oxygen atoms in total. The Kier molecular flexibility index (Phi) is 2.92. The van der Waals surface area contributed by atoms with Crippen molar-refractivity contribution < 1.29 is 4.74 Å². The molecule has 0 saturated heterocycles. The number of hydrogen-bond donors (Lipinski definition) is 0. The molecule has 2 saturated carbocycles. The van der Waals surface area contributed by atoms with Crippen LogP contribution in [-0.4, -0.2) is 7.11 Å². The van der Waals surface area contributed by atoms with Crippen molar-refractivity contribution in [2.75, 3.05) is 7.11 Å². The molecule has 2 unspecified atom stereocenters. The van der Waals surface area contributed by atoms with E-state index in [1.165, 1.54) is 31.2 Å². The molecule has 0 N–H and O–H groups in total. The molecule has 1 heteroatoms. The van der Waals surface area contributed by atoms with E-state index in [0.29, 0.717) is 0 Å². The molecule has 0 bridgehead atoms. The molecule has 2 atom stereocenters. The predicted molar refractivity (Wildman–Crippen MR) is 71.0 cm³/mol. The van der Waals surface area contributed by atoms with Gasteiger partial charge in [-0.25, -0.2) is 0 Å². The monoisotopic (exact) mass is 228 g/mol. The third-order valence-electron chi connectivity index (χ3n) is 4.35. The van der Waals surface area contributed by atoms with E-state index < -0.39 is 0 Å². The van der Waals surface area contributed by atoms with Crippen molar-refractivity contribution in [3.05, 3.63) is 35.9 Å². The van der Waals surface area contributed by atoms with Gasteiger partial charge in [0.05, 0.1) is 7.11 Å². The lowest BCUT2D eigenvalue weighted by Gasteiger charge is -2.04. The second-order valence-corrected chi connectivity index (χ2v) is 5.32. The Labute approximate surface area is 103 Å². The minimum Gasteiger partial charge on any atom is -0.497 e. The zero-order chi connectivity index (χ0) is 11.7. The van der Waals surface area contributed by atoms with Gasteiger partial charge in [-0.15, -0.1) is 0 Å². The minimum absolute atomic E-state index is 0.875. The van der Waals surface area contributed by atoms with E-state index in [2.05, 4.69) is 24.3 Å². The van der Waals surface area contributed by atoms with Gasteiger partial charge in [-0.3, -0.25) is 0 Å². The van der Waals surface area contributed by atoms with Gasteiger partial charge in [0.2, 0.25) is 0 Å². The molecule has 0 heterocycles. The quantitative estimate of drug-likeness (QED) is 0.755. The van der Waals surface area contributed by atoms with Crippen LogP contribution in [0.1, 0.15) is 31.2 Å². The van der Waals surface area contributed by atoms with Gasteiger partial charge in [-0.05, 0) is 48.3 Å². The van der Waals surface area contributed by atoms with Crippen LogP contribution in [-0.2, 0) is 0 Å². The minimum atomic E-state index is 0.875. The molecular weight excluding hydrogens is 208 g/mol. The Bertz CT molecular complexity index is 392. The fourth-order valence-corrected chi connectivity index (χ4v) is 3.27. The Morgan fingerprint density at radius 3 is 2.29 bits per heavy atom. The fraction of sp³-hybridized carbons (Fsp3) is 0.500. The molecule has 0 aromatic heterocycles. The highest BCUT2D eigenvalue weighted by molar-refractivity contribution is 5.51. The molecular formula is C16H20O. The Morgan fingerprint density at radius 2 is 1.71 bits per heavy atom. The van der Waals surface area contributed by atoms with Crippen molar-refractivity contribution in [1.82, 2.24) is 0 Å². The largest absolute Gasteiger partial charge is 0.497 e. The lowest BCUT2D eigenvalue weighted by molar-refractivity contribution is 0.415. The summed E-state index contributed by atoms with van der Waals surface area (Å²) in [7, 11) is 1.71. The van der Waals surface area contributed by atoms with Gasteiger partial charge >= 0.3 is 0 Å². The van der Waals surface area contributed by atoms with Gasteiger partial charge < -0.3 is 4.74 Å². The molecule has 1 aromatic rings. The third-order valence-corrected chi connectivity index (χ3v) is 4.35. The summed E-state index contributed by atoms with van der Waals surface area (Å²) in [6.45, 7) is 0. The van der Waals surface area contributed by atoms with Crippen LogP contribution in [0.2, 0.25) is 0 Å². The standard InChI is InChI=1S/C16H20O/c1-17-13-9-6-12(7-10-13)8-11-16-14-4-2-3-5-15(14)16/h6-11,14-16H,2-5H2,1H3/b11-8+. The molecule has 90 valence electrons. The smallest absolute Gasteiger partial charge is 0.118 e. The zero-order valence-electron chi connectivity index (χ0n) is 10.4. The average molecular weight is 228 g/mol. The second kappa shape index (κ2) is 4.56. The van der Waals surface area contributed by atoms with Crippen LogP contribution in [0.5, 0.6) is 5.75 Å². The maximum absolute atomic E-state index is 5.16. The van der Waals surface area contributed by atoms with Crippen molar-refractivity contribution in [3.63, 3.8) is 0 Å². The van der Waals surface area contributed by atoms with E-state index in [4.69, 9.17) is 4.74 Å². The summed E-state index contributed by atoms with van der Waals surface area (Å²) in [5.74, 6) is 3.83. The molecule has 0 aliphatic heterocycles. The van der Waals surface area contributed by atoms with Gasteiger partial charge in [0, 0.05) is 0 Å². The van der Waals surface area contributed by atoms with E-state index in [-0.39, 0.29) is 0 Å². The van der Waals surface area contributed by atoms with Crippen LogP contribution in [0.3, 0.4) is 0 Å². The van der Waals surface area contributed by atoms with E-state index >= 15 is 0 Å². The highest BCUT2D eigenvalue weighted by Crippen LogP contribution is 2.56. The zero-order valence-corrected chi connectivity index (χ0v) is 10.4. The number of allylic oxidation sites excluding steroid dienone is 1. The number of ether oxygens (including phenoxy) is 1. The van der Waals surface area contributed by atoms with E-state index in [9.17, 15) is 0 Å². The summed E-state index contributed by atoms with van der Waals surface area (Å²) < 4.78 is 5.16. The molecule has 17 heavy (non-hydrogen) atoms. The number of benzene rings is 1. The molecule has 0 amide bonds. The normalized spacial score (nSPS) is 31.2. The average Bonchev–Trinajstić information content (AvgIpc) is 3.10. The SMILES string of the molecule is COc1ccc(/C=C/C2C3CCCCC23)cc1. The maximum atomic E-state index is 5.16. The topological polar surface area (TPSA) is 9.23 Å². The van der Waals surface area contributed by atoms with Crippen molar-refractivity contribution in [1.29, 1.82) is 0 Å². The first kappa shape index (κ1) is 10.9. The summed E-state index contributed by atoms with van der Waals surface area (Å²) >= 11 is 0. The second-order valence-electron chi connectivity index (χ2n) is 5.32. The predicted octanol–water partition coefficient (Wildman–Crippen LogP) is 4.14. The Morgan fingerprint density at radius 1 is 1.06 bits per heavy atom. The molecule has 1 aromatic carbocycles. The van der Waals surface area contributed by atoms with Crippen LogP contribution in [0.15, 0.2) is 30.3 Å². The van der Waals surface area contributed by atoms with Crippen LogP contribution in [0, 0.1) is 17.8 Å². The lowest BCUT2D eigenvalue weighted by Crippen LogP contribution is -1.91. The van der Waals surface area contributed by atoms with Gasteiger partial charge in [-0.1, -0.05) is 37.1 Å². The molecule has 2 aliphatic carbocycles. The van der Waals surface area contributed by atoms with Crippen molar-refractivity contribution >= 4 is 6.08 Å². The Hall–Kier alpha value is -1.24. The van der Waals surface area contributed by atoms with Gasteiger partial charge in [-0.2, -0.15) is 0 Å². The Balaban J connectivity index is 1.62. The molecule has 2 aliphatic rings. The highest BCUT2D eigenvalue weighted by atomic mass is 16.5. The summed E-state index contributed by atoms with van der Waals surface area (Å²) in [6.07, 6.45) is 10.5. The number of fused-ring (bicyclic) bond motifs is 1. The highest BCUT2D eigenvalue weighted by Gasteiger charge is 2.48. The third kappa shape index (κ3) is 2.24. The van der Waals surface area contributed by atoms with Gasteiger partial charge in [0.15, 0.2) is 0 Å². The fourth-order valence-electron chi connectivity index (χ4n) is 3.27. The number of hydrogen-bond acceptors (Lipinski definition) is 1. The summed E-state index contributed by atoms with van der Waals surface area (Å²) in [4.78, 5) is 0. The molecule has 0 spiro atoms. The van der Waals surface area contributed by atoms with Crippen LogP contribution >= 0.6 is 0 Å². The van der Waals surface area contributed by atoms with Crippen molar-refractivity contribution in [2.45, 2.75) is 25.7 Å². The molecule has 2 fully saturated rings. The van der Waals surface area contributed by atoms with Crippen LogP contribution in [0.25, 0.3) is 6.08 Å². The maximum Gasteiger partial charge on any atom is 0.118 e. The van der Waals surface area contributed by atoms with Gasteiger partial charge in [0.1, 0.15) is 5.75 Å². The first-order valence-electron chi connectivity index (χ1n) is 6.71. The lowest BCUT2D eigenvalue weighted by atomic mass is 10.0. The first-order valence-corrected chi connectivity index (χ1v) is 6.71. The summed E-state index contributed by atoms with van der Waals surface area (Å²) in [5.41, 5.74) is 1.29. The number of rotatable bonds is 3. The number of methoxy groups -OCH3 is 1. The molecule has 3 rings (SSSR count). The summed E-state index contributed by atoms with van der Waals surface area (Å²) in [6, 6.07) is 8.31. The molecule has 0 radical (unpaired) electrons. The van der Waals surface area contributed by atoms with Crippen molar-refractivity contribution in [2.24, 2.45) is 17.8 Å². The van der Waals surface area contributed by atoms with Gasteiger partial charge in [0.25, 0.3) is 0 Å². The van der Waals surface area contributed by atoms with E-state index in [1.807, 2.05) is 12.1 Å².